The summed E-state index contributed by atoms with van der Waals surface area (Å²) in [6.07, 6.45) is 0. The maximum Gasteiger partial charge on any atom is 0.0485 e. The Balaban J connectivity index is 2.51. The molecular formula is C10H14Br2N2. The highest BCUT2D eigenvalue weighted by Crippen LogP contribution is 2.25. The molecule has 0 fully saturated rings. The highest BCUT2D eigenvalue weighted by molar-refractivity contribution is 9.11. The van der Waals surface area contributed by atoms with Gasteiger partial charge in [0.25, 0.3) is 0 Å². The van der Waals surface area contributed by atoms with Crippen LogP contribution in [0.3, 0.4) is 0 Å². The topological polar surface area (TPSA) is 15.3 Å². The molecule has 1 rings (SSSR count). The van der Waals surface area contributed by atoms with E-state index >= 15 is 0 Å². The van der Waals surface area contributed by atoms with Crippen LogP contribution in [0, 0.1) is 0 Å². The SMILES string of the molecule is CN(C)CCNc1ccc(Br)cc1Br. The van der Waals surface area contributed by atoms with E-state index < -0.39 is 0 Å². The number of hydrogen-bond donors (Lipinski definition) is 1. The summed E-state index contributed by atoms with van der Waals surface area (Å²) in [5, 5.41) is 3.36. The molecule has 1 N–H and O–H groups in total. The monoisotopic (exact) mass is 320 g/mol. The fourth-order valence-corrected chi connectivity index (χ4v) is 2.23. The normalized spacial score (nSPS) is 10.6. The minimum Gasteiger partial charge on any atom is -0.383 e. The molecule has 0 amide bonds. The molecule has 0 aromatic heterocycles. The van der Waals surface area contributed by atoms with E-state index in [9.17, 15) is 0 Å². The quantitative estimate of drug-likeness (QED) is 0.916. The largest absolute Gasteiger partial charge is 0.383 e. The Morgan fingerprint density at radius 1 is 1.29 bits per heavy atom. The van der Waals surface area contributed by atoms with Crippen LogP contribution in [0.4, 0.5) is 5.69 Å². The lowest BCUT2D eigenvalue weighted by Crippen LogP contribution is -2.20. The molecule has 0 spiro atoms. The molecule has 1 aromatic carbocycles. The van der Waals surface area contributed by atoms with Gasteiger partial charge in [-0.05, 0) is 48.2 Å². The Hall–Kier alpha value is -0.0600. The Morgan fingerprint density at radius 3 is 2.57 bits per heavy atom. The van der Waals surface area contributed by atoms with Crippen LogP contribution in [0.2, 0.25) is 0 Å². The van der Waals surface area contributed by atoms with Crippen molar-refractivity contribution in [3.05, 3.63) is 27.1 Å². The van der Waals surface area contributed by atoms with Gasteiger partial charge < -0.3 is 10.2 Å². The number of rotatable bonds is 4. The summed E-state index contributed by atoms with van der Waals surface area (Å²) in [5.74, 6) is 0. The van der Waals surface area contributed by atoms with E-state index in [4.69, 9.17) is 0 Å². The van der Waals surface area contributed by atoms with Gasteiger partial charge in [-0.3, -0.25) is 0 Å². The fraction of sp³-hybridized carbons (Fsp3) is 0.400. The molecule has 14 heavy (non-hydrogen) atoms. The van der Waals surface area contributed by atoms with E-state index in [0.29, 0.717) is 0 Å². The predicted octanol–water partition coefficient (Wildman–Crippen LogP) is 3.19. The minimum absolute atomic E-state index is 0.952. The van der Waals surface area contributed by atoms with Crippen LogP contribution in [0.5, 0.6) is 0 Å². The molecule has 0 atom stereocenters. The first kappa shape index (κ1) is 12.0. The van der Waals surface area contributed by atoms with Crippen LogP contribution < -0.4 is 5.32 Å². The Kier molecular flexibility index (Phi) is 4.92. The number of likely N-dealkylation sites (N-methyl/N-ethyl adjacent to an activating group) is 1. The maximum absolute atomic E-state index is 3.51. The Bertz CT molecular complexity index is 300. The van der Waals surface area contributed by atoms with Crippen molar-refractivity contribution in [2.45, 2.75) is 0 Å². The van der Waals surface area contributed by atoms with Crippen molar-refractivity contribution in [1.29, 1.82) is 0 Å². The average Bonchev–Trinajstić information content (AvgIpc) is 2.08. The van der Waals surface area contributed by atoms with Crippen LogP contribution in [0.1, 0.15) is 0 Å². The molecule has 0 heterocycles. The summed E-state index contributed by atoms with van der Waals surface area (Å²) in [7, 11) is 4.14. The molecule has 1 aromatic rings. The highest BCUT2D eigenvalue weighted by atomic mass is 79.9. The minimum atomic E-state index is 0.952. The van der Waals surface area contributed by atoms with E-state index in [0.717, 1.165) is 27.7 Å². The second-order valence-corrected chi connectivity index (χ2v) is 5.12. The fourth-order valence-electron chi connectivity index (χ4n) is 1.05. The van der Waals surface area contributed by atoms with Gasteiger partial charge in [0.15, 0.2) is 0 Å². The lowest BCUT2D eigenvalue weighted by molar-refractivity contribution is 0.425. The number of nitrogens with zero attached hydrogens (tertiary/aromatic N) is 1. The summed E-state index contributed by atoms with van der Waals surface area (Å²) >= 11 is 6.93. The third kappa shape index (κ3) is 3.98. The second-order valence-electron chi connectivity index (χ2n) is 3.35. The summed E-state index contributed by atoms with van der Waals surface area (Å²) < 4.78 is 2.17. The molecule has 0 unspecified atom stereocenters. The number of halogens is 2. The van der Waals surface area contributed by atoms with E-state index in [1.165, 1.54) is 0 Å². The number of nitrogens with one attached hydrogen (secondary N) is 1. The van der Waals surface area contributed by atoms with Crippen molar-refractivity contribution in [3.63, 3.8) is 0 Å². The van der Waals surface area contributed by atoms with Crippen LogP contribution in [-0.4, -0.2) is 32.1 Å². The van der Waals surface area contributed by atoms with Crippen LogP contribution in [-0.2, 0) is 0 Å². The van der Waals surface area contributed by atoms with E-state index in [1.54, 1.807) is 0 Å². The van der Waals surface area contributed by atoms with Gasteiger partial charge in [0, 0.05) is 27.7 Å². The van der Waals surface area contributed by atoms with Crippen molar-refractivity contribution in [2.75, 3.05) is 32.5 Å². The van der Waals surface area contributed by atoms with Crippen molar-refractivity contribution in [3.8, 4) is 0 Å². The highest BCUT2D eigenvalue weighted by Gasteiger charge is 1.99. The first-order chi connectivity index (χ1) is 6.59. The van der Waals surface area contributed by atoms with Gasteiger partial charge in [-0.1, -0.05) is 15.9 Å². The van der Waals surface area contributed by atoms with Crippen molar-refractivity contribution < 1.29 is 0 Å². The van der Waals surface area contributed by atoms with Crippen molar-refractivity contribution in [1.82, 2.24) is 4.90 Å². The van der Waals surface area contributed by atoms with Gasteiger partial charge >= 0.3 is 0 Å². The lowest BCUT2D eigenvalue weighted by atomic mass is 10.3. The molecule has 78 valence electrons. The van der Waals surface area contributed by atoms with Crippen molar-refractivity contribution >= 4 is 37.5 Å². The summed E-state index contributed by atoms with van der Waals surface area (Å²) in [4.78, 5) is 2.15. The smallest absolute Gasteiger partial charge is 0.0485 e. The first-order valence-corrected chi connectivity index (χ1v) is 6.02. The third-order valence-corrected chi connectivity index (χ3v) is 2.95. The first-order valence-electron chi connectivity index (χ1n) is 4.43. The van der Waals surface area contributed by atoms with Gasteiger partial charge in [0.1, 0.15) is 0 Å². The maximum atomic E-state index is 3.51. The van der Waals surface area contributed by atoms with Crippen LogP contribution in [0.15, 0.2) is 27.1 Å². The average molecular weight is 322 g/mol. The Morgan fingerprint density at radius 2 is 2.00 bits per heavy atom. The molecule has 0 aliphatic carbocycles. The molecule has 0 saturated heterocycles. The van der Waals surface area contributed by atoms with E-state index in [2.05, 4.69) is 62.2 Å². The van der Waals surface area contributed by atoms with Gasteiger partial charge in [0.2, 0.25) is 0 Å². The van der Waals surface area contributed by atoms with Crippen LogP contribution >= 0.6 is 31.9 Å². The van der Waals surface area contributed by atoms with Gasteiger partial charge in [-0.25, -0.2) is 0 Å². The zero-order valence-corrected chi connectivity index (χ0v) is 11.5. The molecule has 0 radical (unpaired) electrons. The molecule has 4 heteroatoms. The van der Waals surface area contributed by atoms with Crippen molar-refractivity contribution in [2.24, 2.45) is 0 Å². The molecule has 0 bridgehead atoms. The third-order valence-electron chi connectivity index (χ3n) is 1.81. The summed E-state index contributed by atoms with van der Waals surface area (Å²) in [6, 6.07) is 6.13. The zero-order valence-electron chi connectivity index (χ0n) is 8.35. The summed E-state index contributed by atoms with van der Waals surface area (Å²) in [6.45, 7) is 1.98. The molecule has 2 nitrogen and oxygen atoms in total. The second kappa shape index (κ2) is 5.73. The van der Waals surface area contributed by atoms with E-state index in [-0.39, 0.29) is 0 Å². The number of anilines is 1. The van der Waals surface area contributed by atoms with Crippen LogP contribution in [0.25, 0.3) is 0 Å². The predicted molar refractivity (Wildman–Crippen MR) is 68.9 cm³/mol. The Labute approximate surface area is 102 Å². The van der Waals surface area contributed by atoms with Gasteiger partial charge in [0.05, 0.1) is 0 Å². The molecule has 0 aliphatic heterocycles. The van der Waals surface area contributed by atoms with Gasteiger partial charge in [-0.15, -0.1) is 0 Å². The van der Waals surface area contributed by atoms with Gasteiger partial charge in [-0.2, -0.15) is 0 Å². The summed E-state index contributed by atoms with van der Waals surface area (Å²) in [5.41, 5.74) is 1.13. The molecule has 0 saturated carbocycles. The molecular weight excluding hydrogens is 308 g/mol. The zero-order chi connectivity index (χ0) is 10.6. The lowest BCUT2D eigenvalue weighted by Gasteiger charge is -2.12. The van der Waals surface area contributed by atoms with E-state index in [1.807, 2.05) is 12.1 Å². The molecule has 0 aliphatic rings. The number of hydrogen-bond acceptors (Lipinski definition) is 2. The number of benzene rings is 1. The standard InChI is InChI=1S/C10H14Br2N2/c1-14(2)6-5-13-10-4-3-8(11)7-9(10)12/h3-4,7,13H,5-6H2,1-2H3.